The molecule has 0 aliphatic carbocycles. The van der Waals surface area contributed by atoms with Gasteiger partial charge in [0, 0.05) is 17.6 Å². The summed E-state index contributed by atoms with van der Waals surface area (Å²) in [6.07, 6.45) is 0. The summed E-state index contributed by atoms with van der Waals surface area (Å²) in [5.74, 6) is -0.565. The van der Waals surface area contributed by atoms with E-state index < -0.39 is 15.9 Å². The summed E-state index contributed by atoms with van der Waals surface area (Å²) in [7, 11) is -3.48. The number of aryl methyl sites for hydroxylation is 1. The molecule has 0 fully saturated rings. The van der Waals surface area contributed by atoms with E-state index in [0.29, 0.717) is 27.5 Å². The normalized spacial score (nSPS) is 11.6. The van der Waals surface area contributed by atoms with E-state index in [2.05, 4.69) is 20.2 Å². The molecule has 0 atom stereocenters. The summed E-state index contributed by atoms with van der Waals surface area (Å²) in [6, 6.07) is 13.9. The van der Waals surface area contributed by atoms with Gasteiger partial charge in [0.25, 0.3) is 5.91 Å². The standard InChI is InChI=1S/C21H24ClN5O3S/c1-14(2)26-31(29,30)13-17-8-5-4-7-16(17)12-23-21(28)20-15(3)24-27(25-20)19-10-6-9-18(22)11-19/h4-11,14,26H,12-13H2,1-3H3,(H,23,28). The molecule has 0 unspecified atom stereocenters. The lowest BCUT2D eigenvalue weighted by molar-refractivity contribution is 0.0945. The van der Waals surface area contributed by atoms with Gasteiger partial charge in [0.15, 0.2) is 5.69 Å². The van der Waals surface area contributed by atoms with Crippen molar-refractivity contribution >= 4 is 27.5 Å². The molecule has 0 saturated carbocycles. The SMILES string of the molecule is Cc1nn(-c2cccc(Cl)c2)nc1C(=O)NCc1ccccc1CS(=O)(=O)NC(C)C. The van der Waals surface area contributed by atoms with Crippen molar-refractivity contribution in [3.63, 3.8) is 0 Å². The molecule has 3 aromatic rings. The van der Waals surface area contributed by atoms with Crippen LogP contribution in [0, 0.1) is 6.92 Å². The van der Waals surface area contributed by atoms with Crippen LogP contribution >= 0.6 is 11.6 Å². The fraction of sp³-hybridized carbons (Fsp3) is 0.286. The fourth-order valence-electron chi connectivity index (χ4n) is 3.04. The van der Waals surface area contributed by atoms with Crippen LogP contribution in [-0.2, 0) is 22.3 Å². The van der Waals surface area contributed by atoms with Crippen LogP contribution in [0.15, 0.2) is 48.5 Å². The maximum Gasteiger partial charge on any atom is 0.274 e. The van der Waals surface area contributed by atoms with Gasteiger partial charge in [0.05, 0.1) is 17.1 Å². The Morgan fingerprint density at radius 3 is 2.48 bits per heavy atom. The van der Waals surface area contributed by atoms with E-state index in [9.17, 15) is 13.2 Å². The molecule has 0 aliphatic rings. The minimum absolute atomic E-state index is 0.162. The van der Waals surface area contributed by atoms with E-state index in [1.165, 1.54) is 4.80 Å². The second-order valence-corrected chi connectivity index (χ2v) is 9.58. The first kappa shape index (κ1) is 22.9. The van der Waals surface area contributed by atoms with E-state index in [-0.39, 0.29) is 24.0 Å². The predicted octanol–water partition coefficient (Wildman–Crippen LogP) is 2.99. The monoisotopic (exact) mass is 461 g/mol. The second-order valence-electron chi connectivity index (χ2n) is 7.39. The molecule has 164 valence electrons. The van der Waals surface area contributed by atoms with E-state index >= 15 is 0 Å². The molecule has 0 saturated heterocycles. The lowest BCUT2D eigenvalue weighted by atomic mass is 10.1. The lowest BCUT2D eigenvalue weighted by Gasteiger charge is -2.13. The molecular weight excluding hydrogens is 438 g/mol. The molecule has 0 aliphatic heterocycles. The highest BCUT2D eigenvalue weighted by Crippen LogP contribution is 2.15. The molecular formula is C21H24ClN5O3S. The van der Waals surface area contributed by atoms with E-state index in [1.54, 1.807) is 69.3 Å². The number of carbonyl (C=O) groups is 1. The number of carbonyl (C=O) groups excluding carboxylic acids is 1. The van der Waals surface area contributed by atoms with Gasteiger partial charge in [0.1, 0.15) is 0 Å². The molecule has 0 bridgehead atoms. The van der Waals surface area contributed by atoms with Gasteiger partial charge in [-0.15, -0.1) is 5.10 Å². The Kier molecular flexibility index (Phi) is 7.09. The molecule has 2 aromatic carbocycles. The molecule has 1 aromatic heterocycles. The van der Waals surface area contributed by atoms with Crippen molar-refractivity contribution in [3.8, 4) is 5.69 Å². The van der Waals surface area contributed by atoms with Crippen molar-refractivity contribution in [2.75, 3.05) is 0 Å². The molecule has 0 radical (unpaired) electrons. The number of aromatic nitrogens is 3. The van der Waals surface area contributed by atoms with Crippen LogP contribution in [0.25, 0.3) is 5.69 Å². The molecule has 8 nitrogen and oxygen atoms in total. The number of nitrogens with zero attached hydrogens (tertiary/aromatic N) is 3. The Morgan fingerprint density at radius 2 is 1.81 bits per heavy atom. The maximum atomic E-state index is 12.7. The van der Waals surface area contributed by atoms with Crippen LogP contribution in [0.1, 0.15) is 41.2 Å². The minimum atomic E-state index is -3.48. The summed E-state index contributed by atoms with van der Waals surface area (Å²) in [4.78, 5) is 14.1. The van der Waals surface area contributed by atoms with Gasteiger partial charge in [-0.2, -0.15) is 9.90 Å². The van der Waals surface area contributed by atoms with Crippen molar-refractivity contribution in [2.24, 2.45) is 0 Å². The first-order chi connectivity index (χ1) is 14.6. The highest BCUT2D eigenvalue weighted by atomic mass is 35.5. The van der Waals surface area contributed by atoms with Gasteiger partial charge in [0.2, 0.25) is 10.0 Å². The summed E-state index contributed by atoms with van der Waals surface area (Å²) in [5.41, 5.74) is 2.63. The Morgan fingerprint density at radius 1 is 1.10 bits per heavy atom. The summed E-state index contributed by atoms with van der Waals surface area (Å²) in [6.45, 7) is 5.39. The van der Waals surface area contributed by atoms with Gasteiger partial charge in [-0.1, -0.05) is 41.9 Å². The van der Waals surface area contributed by atoms with E-state index in [1.807, 2.05) is 0 Å². The van der Waals surface area contributed by atoms with Gasteiger partial charge < -0.3 is 5.32 Å². The zero-order valence-corrected chi connectivity index (χ0v) is 19.0. The highest BCUT2D eigenvalue weighted by molar-refractivity contribution is 7.88. The summed E-state index contributed by atoms with van der Waals surface area (Å²) >= 11 is 6.01. The van der Waals surface area contributed by atoms with Gasteiger partial charge >= 0.3 is 0 Å². The zero-order chi connectivity index (χ0) is 22.6. The zero-order valence-electron chi connectivity index (χ0n) is 17.5. The van der Waals surface area contributed by atoms with Gasteiger partial charge in [-0.3, -0.25) is 4.79 Å². The average Bonchev–Trinajstić information content (AvgIpc) is 3.07. The Hall–Kier alpha value is -2.75. The van der Waals surface area contributed by atoms with Crippen LogP contribution in [0.2, 0.25) is 5.02 Å². The van der Waals surface area contributed by atoms with Gasteiger partial charge in [-0.05, 0) is 50.1 Å². The third-order valence-corrected chi connectivity index (χ3v) is 6.11. The number of rotatable bonds is 8. The van der Waals surface area contributed by atoms with Crippen molar-refractivity contribution < 1.29 is 13.2 Å². The number of benzene rings is 2. The number of sulfonamides is 1. The molecule has 31 heavy (non-hydrogen) atoms. The fourth-order valence-corrected chi connectivity index (χ4v) is 4.72. The largest absolute Gasteiger partial charge is 0.346 e. The van der Waals surface area contributed by atoms with Crippen molar-refractivity contribution in [1.29, 1.82) is 0 Å². The van der Waals surface area contributed by atoms with E-state index in [0.717, 1.165) is 0 Å². The van der Waals surface area contributed by atoms with Crippen molar-refractivity contribution in [3.05, 3.63) is 76.1 Å². The van der Waals surface area contributed by atoms with Crippen molar-refractivity contribution in [1.82, 2.24) is 25.0 Å². The quantitative estimate of drug-likeness (QED) is 0.536. The average molecular weight is 462 g/mol. The van der Waals surface area contributed by atoms with Crippen LogP contribution in [0.5, 0.6) is 0 Å². The van der Waals surface area contributed by atoms with Crippen molar-refractivity contribution in [2.45, 2.75) is 39.1 Å². The van der Waals surface area contributed by atoms with Crippen LogP contribution in [-0.4, -0.2) is 35.4 Å². The Balaban J connectivity index is 1.73. The van der Waals surface area contributed by atoms with Gasteiger partial charge in [-0.25, -0.2) is 13.1 Å². The molecule has 0 spiro atoms. The smallest absolute Gasteiger partial charge is 0.274 e. The van der Waals surface area contributed by atoms with E-state index in [4.69, 9.17) is 11.6 Å². The number of hydrogen-bond donors (Lipinski definition) is 2. The number of amides is 1. The first-order valence-electron chi connectivity index (χ1n) is 9.69. The first-order valence-corrected chi connectivity index (χ1v) is 11.7. The Labute approximate surface area is 186 Å². The molecule has 1 heterocycles. The molecule has 2 N–H and O–H groups in total. The van der Waals surface area contributed by atoms with Crippen LogP contribution in [0.4, 0.5) is 0 Å². The second kappa shape index (κ2) is 9.59. The van der Waals surface area contributed by atoms with Crippen LogP contribution in [0.3, 0.4) is 0 Å². The minimum Gasteiger partial charge on any atom is -0.346 e. The maximum absolute atomic E-state index is 12.7. The lowest BCUT2D eigenvalue weighted by Crippen LogP contribution is -2.32. The topological polar surface area (TPSA) is 106 Å². The Bertz CT molecular complexity index is 1190. The number of halogens is 1. The number of hydrogen-bond acceptors (Lipinski definition) is 5. The summed E-state index contributed by atoms with van der Waals surface area (Å²) in [5, 5.41) is 11.9. The number of nitrogens with one attached hydrogen (secondary N) is 2. The molecule has 3 rings (SSSR count). The molecule has 10 heteroatoms. The third kappa shape index (κ3) is 6.13. The molecule has 1 amide bonds. The third-order valence-electron chi connectivity index (χ3n) is 4.35. The van der Waals surface area contributed by atoms with Crippen LogP contribution < -0.4 is 10.0 Å². The highest BCUT2D eigenvalue weighted by Gasteiger charge is 2.18. The summed E-state index contributed by atoms with van der Waals surface area (Å²) < 4.78 is 27.2. The predicted molar refractivity (Wildman–Crippen MR) is 120 cm³/mol.